The molecule has 1 saturated heterocycles. The summed E-state index contributed by atoms with van der Waals surface area (Å²) >= 11 is 0. The molecule has 3 heterocycles. The predicted molar refractivity (Wildman–Crippen MR) is 63.4 cm³/mol. The highest BCUT2D eigenvalue weighted by Crippen LogP contribution is 2.22. The smallest absolute Gasteiger partial charge is 0.159 e. The molecule has 2 N–H and O–H groups in total. The average Bonchev–Trinajstić information content (AvgIpc) is 2.90. The molecule has 2 aromatic rings. The topological polar surface area (TPSA) is 54.8 Å². The number of fused-ring (bicyclic) bond motifs is 1. The summed E-state index contributed by atoms with van der Waals surface area (Å²) in [4.78, 5) is 4.32. The van der Waals surface area contributed by atoms with Crippen LogP contribution in [0.3, 0.4) is 0 Å². The number of aryl methyl sites for hydroxylation is 1. The monoisotopic (exact) mass is 217 g/mol. The van der Waals surface area contributed by atoms with Crippen molar-refractivity contribution < 1.29 is 0 Å². The van der Waals surface area contributed by atoms with Gasteiger partial charge in [-0.15, -0.1) is 0 Å². The normalized spacial score (nSPS) is 20.4. The van der Waals surface area contributed by atoms with Gasteiger partial charge in [0, 0.05) is 31.5 Å². The number of anilines is 1. The zero-order valence-electron chi connectivity index (χ0n) is 9.27. The Bertz CT molecular complexity index is 498. The predicted octanol–water partition coefficient (Wildman–Crippen LogP) is 0.742. The first-order chi connectivity index (χ1) is 7.84. The molecule has 0 amide bonds. The maximum Gasteiger partial charge on any atom is 0.159 e. The van der Waals surface area contributed by atoms with Crippen LogP contribution in [0, 0.1) is 0 Å². The van der Waals surface area contributed by atoms with Crippen LogP contribution in [0.1, 0.15) is 6.42 Å². The van der Waals surface area contributed by atoms with E-state index in [1.165, 1.54) is 6.42 Å². The highest BCUT2D eigenvalue weighted by molar-refractivity contribution is 5.88. The van der Waals surface area contributed by atoms with Gasteiger partial charge in [0.2, 0.25) is 0 Å². The SMILES string of the molecule is Cn1ncc2c(NC3CCNC3)ccnc21. The van der Waals surface area contributed by atoms with Gasteiger partial charge >= 0.3 is 0 Å². The van der Waals surface area contributed by atoms with E-state index in [-0.39, 0.29) is 0 Å². The maximum atomic E-state index is 4.32. The van der Waals surface area contributed by atoms with Crippen LogP contribution in [0.25, 0.3) is 11.0 Å². The van der Waals surface area contributed by atoms with Crippen molar-refractivity contribution in [3.05, 3.63) is 18.5 Å². The third-order valence-electron chi connectivity index (χ3n) is 3.06. The van der Waals surface area contributed by atoms with Crippen molar-refractivity contribution >= 4 is 16.7 Å². The second-order valence-electron chi connectivity index (χ2n) is 4.20. The second-order valence-corrected chi connectivity index (χ2v) is 4.20. The van der Waals surface area contributed by atoms with Crippen molar-refractivity contribution in [1.82, 2.24) is 20.1 Å². The Balaban J connectivity index is 1.96. The van der Waals surface area contributed by atoms with Crippen molar-refractivity contribution in [1.29, 1.82) is 0 Å². The first-order valence-electron chi connectivity index (χ1n) is 5.58. The fraction of sp³-hybridized carbons (Fsp3) is 0.455. The molecule has 0 bridgehead atoms. The van der Waals surface area contributed by atoms with E-state index in [9.17, 15) is 0 Å². The molecule has 1 unspecified atom stereocenters. The molecular weight excluding hydrogens is 202 g/mol. The lowest BCUT2D eigenvalue weighted by Crippen LogP contribution is -2.22. The van der Waals surface area contributed by atoms with E-state index >= 15 is 0 Å². The van der Waals surface area contributed by atoms with Gasteiger partial charge in [0.1, 0.15) is 0 Å². The van der Waals surface area contributed by atoms with Gasteiger partial charge in [0.15, 0.2) is 5.65 Å². The summed E-state index contributed by atoms with van der Waals surface area (Å²) in [6.07, 6.45) is 4.87. The minimum Gasteiger partial charge on any atom is -0.380 e. The van der Waals surface area contributed by atoms with Crippen LogP contribution in [-0.2, 0) is 7.05 Å². The largest absolute Gasteiger partial charge is 0.380 e. The summed E-state index contributed by atoms with van der Waals surface area (Å²) < 4.78 is 1.80. The molecule has 0 radical (unpaired) electrons. The molecule has 1 fully saturated rings. The first-order valence-corrected chi connectivity index (χ1v) is 5.58. The number of nitrogens with one attached hydrogen (secondary N) is 2. The van der Waals surface area contributed by atoms with Crippen LogP contribution in [-0.4, -0.2) is 33.9 Å². The Labute approximate surface area is 93.9 Å². The molecule has 16 heavy (non-hydrogen) atoms. The van der Waals surface area contributed by atoms with Gasteiger partial charge in [-0.05, 0) is 19.0 Å². The summed E-state index contributed by atoms with van der Waals surface area (Å²) in [5, 5.41) is 12.2. The van der Waals surface area contributed by atoms with E-state index in [2.05, 4.69) is 20.7 Å². The fourth-order valence-electron chi connectivity index (χ4n) is 2.17. The molecule has 3 rings (SSSR count). The van der Waals surface area contributed by atoms with Gasteiger partial charge in [-0.2, -0.15) is 5.10 Å². The number of hydrogen-bond acceptors (Lipinski definition) is 4. The number of aromatic nitrogens is 3. The quantitative estimate of drug-likeness (QED) is 0.779. The van der Waals surface area contributed by atoms with Crippen LogP contribution >= 0.6 is 0 Å². The summed E-state index contributed by atoms with van der Waals surface area (Å²) in [5.41, 5.74) is 2.06. The zero-order valence-corrected chi connectivity index (χ0v) is 9.27. The van der Waals surface area contributed by atoms with Crippen LogP contribution in [0.2, 0.25) is 0 Å². The molecule has 1 atom stereocenters. The molecule has 5 nitrogen and oxygen atoms in total. The van der Waals surface area contributed by atoms with Gasteiger partial charge in [-0.1, -0.05) is 0 Å². The van der Waals surface area contributed by atoms with E-state index in [0.29, 0.717) is 6.04 Å². The van der Waals surface area contributed by atoms with E-state index in [1.807, 2.05) is 25.5 Å². The Morgan fingerprint density at radius 3 is 3.31 bits per heavy atom. The van der Waals surface area contributed by atoms with Crippen LogP contribution in [0.4, 0.5) is 5.69 Å². The third kappa shape index (κ3) is 1.53. The van der Waals surface area contributed by atoms with E-state index < -0.39 is 0 Å². The molecule has 0 aromatic carbocycles. The van der Waals surface area contributed by atoms with Crippen molar-refractivity contribution in [2.24, 2.45) is 7.05 Å². The van der Waals surface area contributed by atoms with Crippen molar-refractivity contribution in [3.8, 4) is 0 Å². The van der Waals surface area contributed by atoms with Crippen molar-refractivity contribution in [3.63, 3.8) is 0 Å². The van der Waals surface area contributed by atoms with E-state index in [4.69, 9.17) is 0 Å². The van der Waals surface area contributed by atoms with Crippen molar-refractivity contribution in [2.75, 3.05) is 18.4 Å². The average molecular weight is 217 g/mol. The number of pyridine rings is 1. The Morgan fingerprint density at radius 2 is 2.50 bits per heavy atom. The first kappa shape index (κ1) is 9.59. The van der Waals surface area contributed by atoms with Gasteiger partial charge in [0.25, 0.3) is 0 Å². The highest BCUT2D eigenvalue weighted by atomic mass is 15.3. The summed E-state index contributed by atoms with van der Waals surface area (Å²) in [6, 6.07) is 2.54. The Hall–Kier alpha value is -1.62. The molecule has 84 valence electrons. The second kappa shape index (κ2) is 3.75. The molecule has 2 aromatic heterocycles. The third-order valence-corrected chi connectivity index (χ3v) is 3.06. The van der Waals surface area contributed by atoms with Crippen LogP contribution in [0.15, 0.2) is 18.5 Å². The standard InChI is InChI=1S/C11H15N5/c1-16-11-9(7-14-16)10(3-5-13-11)15-8-2-4-12-6-8/h3,5,7-8,12H,2,4,6H2,1H3,(H,13,15). The molecule has 5 heteroatoms. The number of hydrogen-bond donors (Lipinski definition) is 2. The molecule has 1 aliphatic heterocycles. The summed E-state index contributed by atoms with van der Waals surface area (Å²) in [7, 11) is 1.91. The molecule has 0 spiro atoms. The lowest BCUT2D eigenvalue weighted by molar-refractivity contribution is 0.785. The molecule has 1 aliphatic rings. The lowest BCUT2D eigenvalue weighted by Gasteiger charge is -2.13. The van der Waals surface area contributed by atoms with Crippen molar-refractivity contribution in [2.45, 2.75) is 12.5 Å². The Kier molecular flexibility index (Phi) is 2.25. The zero-order chi connectivity index (χ0) is 11.0. The highest BCUT2D eigenvalue weighted by Gasteiger charge is 2.15. The lowest BCUT2D eigenvalue weighted by atomic mass is 10.2. The number of rotatable bonds is 2. The van der Waals surface area contributed by atoms with Crippen LogP contribution < -0.4 is 10.6 Å². The number of nitrogens with zero attached hydrogens (tertiary/aromatic N) is 3. The maximum absolute atomic E-state index is 4.32. The van der Waals surface area contributed by atoms with Gasteiger partial charge in [-0.25, -0.2) is 4.98 Å². The van der Waals surface area contributed by atoms with Gasteiger partial charge < -0.3 is 10.6 Å². The molecular formula is C11H15N5. The Morgan fingerprint density at radius 1 is 1.56 bits per heavy atom. The minimum atomic E-state index is 0.519. The van der Waals surface area contributed by atoms with Crippen LogP contribution in [0.5, 0.6) is 0 Å². The van der Waals surface area contributed by atoms with Gasteiger partial charge in [-0.3, -0.25) is 4.68 Å². The fourth-order valence-corrected chi connectivity index (χ4v) is 2.17. The molecule has 0 aliphatic carbocycles. The summed E-state index contributed by atoms with van der Waals surface area (Å²) in [5.74, 6) is 0. The van der Waals surface area contributed by atoms with E-state index in [1.54, 1.807) is 4.68 Å². The molecule has 0 saturated carbocycles. The summed E-state index contributed by atoms with van der Waals surface area (Å²) in [6.45, 7) is 2.13. The van der Waals surface area contributed by atoms with Gasteiger partial charge in [0.05, 0.1) is 11.6 Å². The minimum absolute atomic E-state index is 0.519. The van der Waals surface area contributed by atoms with E-state index in [0.717, 1.165) is 29.8 Å².